The number of likely N-dealkylation sites (tertiary alicyclic amines) is 1. The van der Waals surface area contributed by atoms with Crippen molar-refractivity contribution < 1.29 is 4.42 Å². The molecule has 0 bridgehead atoms. The zero-order chi connectivity index (χ0) is 13.9. The van der Waals surface area contributed by atoms with E-state index >= 15 is 0 Å². The minimum atomic E-state index is 0.292. The van der Waals surface area contributed by atoms with Crippen LogP contribution in [0, 0.1) is 5.92 Å². The molecule has 0 spiro atoms. The topological polar surface area (TPSA) is 66.2 Å². The van der Waals surface area contributed by atoms with E-state index in [-0.39, 0.29) is 0 Å². The first-order valence-electron chi connectivity index (χ1n) is 7.69. The summed E-state index contributed by atoms with van der Waals surface area (Å²) in [5.41, 5.74) is 0. The highest BCUT2D eigenvalue weighted by Gasteiger charge is 2.28. The quantitative estimate of drug-likeness (QED) is 0.854. The Kier molecular flexibility index (Phi) is 4.33. The molecule has 2 aliphatic heterocycles. The third-order valence-corrected chi connectivity index (χ3v) is 4.43. The summed E-state index contributed by atoms with van der Waals surface area (Å²) in [5.74, 6) is 2.25. The zero-order valence-corrected chi connectivity index (χ0v) is 12.4. The number of rotatable bonds is 4. The van der Waals surface area contributed by atoms with E-state index in [9.17, 15) is 0 Å². The second-order valence-corrected chi connectivity index (χ2v) is 6.24. The Morgan fingerprint density at radius 1 is 1.35 bits per heavy atom. The molecule has 1 aromatic rings. The lowest BCUT2D eigenvalue weighted by Gasteiger charge is -2.33. The Hall–Kier alpha value is -0.980. The lowest BCUT2D eigenvalue weighted by Crippen LogP contribution is -2.34. The van der Waals surface area contributed by atoms with Crippen molar-refractivity contribution in [2.24, 2.45) is 5.92 Å². The second-order valence-electron chi connectivity index (χ2n) is 6.24. The van der Waals surface area contributed by atoms with Crippen molar-refractivity contribution in [3.8, 4) is 0 Å². The standard InChI is InChI=1S/C14H25N5O/c1-10-3-4-12(19(2)9-10)14-18-17-13(20-14)8-16-11-5-6-15-7-11/h10-12,15-16H,3-9H2,1-2H3. The van der Waals surface area contributed by atoms with Crippen LogP contribution >= 0.6 is 0 Å². The van der Waals surface area contributed by atoms with Gasteiger partial charge in [-0.25, -0.2) is 0 Å². The average Bonchev–Trinajstić information content (AvgIpc) is 3.07. The number of hydrogen-bond acceptors (Lipinski definition) is 6. The van der Waals surface area contributed by atoms with Gasteiger partial charge in [-0.2, -0.15) is 0 Å². The summed E-state index contributed by atoms with van der Waals surface area (Å²) in [6, 6.07) is 0.823. The zero-order valence-electron chi connectivity index (χ0n) is 12.4. The van der Waals surface area contributed by atoms with Gasteiger partial charge in [-0.3, -0.25) is 4.90 Å². The SMILES string of the molecule is CC1CCC(c2nnc(CNC3CCNC3)o2)N(C)C1. The van der Waals surface area contributed by atoms with Gasteiger partial charge >= 0.3 is 0 Å². The Labute approximate surface area is 120 Å². The maximum atomic E-state index is 5.84. The third kappa shape index (κ3) is 3.19. The number of hydrogen-bond donors (Lipinski definition) is 2. The Morgan fingerprint density at radius 2 is 2.25 bits per heavy atom. The van der Waals surface area contributed by atoms with Gasteiger partial charge in [0.25, 0.3) is 0 Å². The number of nitrogens with zero attached hydrogens (tertiary/aromatic N) is 3. The first-order valence-corrected chi connectivity index (χ1v) is 7.69. The van der Waals surface area contributed by atoms with E-state index in [1.54, 1.807) is 0 Å². The fourth-order valence-electron chi connectivity index (χ4n) is 3.22. The Bertz CT molecular complexity index is 429. The fraction of sp³-hybridized carbons (Fsp3) is 0.857. The Morgan fingerprint density at radius 3 is 3.00 bits per heavy atom. The van der Waals surface area contributed by atoms with Crippen molar-refractivity contribution in [2.75, 3.05) is 26.7 Å². The van der Waals surface area contributed by atoms with Gasteiger partial charge in [0.05, 0.1) is 12.6 Å². The molecule has 0 aliphatic carbocycles. The molecule has 20 heavy (non-hydrogen) atoms. The summed E-state index contributed by atoms with van der Waals surface area (Å²) >= 11 is 0. The van der Waals surface area contributed by atoms with E-state index in [0.29, 0.717) is 24.5 Å². The molecule has 1 aromatic heterocycles. The molecule has 6 heteroatoms. The van der Waals surface area contributed by atoms with E-state index in [4.69, 9.17) is 4.42 Å². The molecule has 3 rings (SSSR count). The van der Waals surface area contributed by atoms with Crippen LogP contribution in [-0.2, 0) is 6.54 Å². The van der Waals surface area contributed by atoms with Crippen LogP contribution in [0.4, 0.5) is 0 Å². The third-order valence-electron chi connectivity index (χ3n) is 4.43. The molecule has 3 heterocycles. The average molecular weight is 279 g/mol. The van der Waals surface area contributed by atoms with E-state index < -0.39 is 0 Å². The van der Waals surface area contributed by atoms with Crippen LogP contribution in [0.25, 0.3) is 0 Å². The minimum Gasteiger partial charge on any atom is -0.422 e. The van der Waals surface area contributed by atoms with Gasteiger partial charge in [0.1, 0.15) is 0 Å². The van der Waals surface area contributed by atoms with Crippen LogP contribution in [0.2, 0.25) is 0 Å². The summed E-state index contributed by atoms with van der Waals surface area (Å²) < 4.78 is 5.84. The largest absolute Gasteiger partial charge is 0.422 e. The summed E-state index contributed by atoms with van der Waals surface area (Å²) in [6.45, 7) is 6.20. The van der Waals surface area contributed by atoms with Crippen LogP contribution in [0.3, 0.4) is 0 Å². The van der Waals surface area contributed by atoms with Crippen LogP contribution < -0.4 is 10.6 Å². The highest BCUT2D eigenvalue weighted by Crippen LogP contribution is 2.31. The molecule has 0 aromatic carbocycles. The summed E-state index contributed by atoms with van der Waals surface area (Å²) in [6.07, 6.45) is 3.52. The van der Waals surface area contributed by atoms with Gasteiger partial charge in [0.15, 0.2) is 0 Å². The van der Waals surface area contributed by atoms with Gasteiger partial charge in [0.2, 0.25) is 11.8 Å². The van der Waals surface area contributed by atoms with E-state index in [2.05, 4.69) is 39.7 Å². The molecule has 2 N–H and O–H groups in total. The van der Waals surface area contributed by atoms with Crippen molar-refractivity contribution in [2.45, 2.75) is 44.8 Å². The predicted molar refractivity (Wildman–Crippen MR) is 76.2 cm³/mol. The fourth-order valence-corrected chi connectivity index (χ4v) is 3.22. The van der Waals surface area contributed by atoms with E-state index in [1.807, 2.05) is 0 Å². The Balaban J connectivity index is 1.55. The predicted octanol–water partition coefficient (Wildman–Crippen LogP) is 0.924. The number of nitrogens with one attached hydrogen (secondary N) is 2. The van der Waals surface area contributed by atoms with Gasteiger partial charge in [-0.1, -0.05) is 6.92 Å². The van der Waals surface area contributed by atoms with Crippen LogP contribution in [-0.4, -0.2) is 47.8 Å². The van der Waals surface area contributed by atoms with Gasteiger partial charge in [-0.15, -0.1) is 10.2 Å². The van der Waals surface area contributed by atoms with Crippen molar-refractivity contribution in [3.05, 3.63) is 11.8 Å². The highest BCUT2D eigenvalue weighted by molar-refractivity contribution is 4.94. The molecular formula is C14H25N5O. The van der Waals surface area contributed by atoms with Crippen LogP contribution in [0.5, 0.6) is 0 Å². The first-order chi connectivity index (χ1) is 9.72. The second kappa shape index (κ2) is 6.20. The summed E-state index contributed by atoms with van der Waals surface area (Å²) in [4.78, 5) is 2.33. The normalized spacial score (nSPS) is 31.8. The van der Waals surface area contributed by atoms with Crippen molar-refractivity contribution >= 4 is 0 Å². The molecule has 0 amide bonds. The smallest absolute Gasteiger partial charge is 0.233 e. The monoisotopic (exact) mass is 279 g/mol. The maximum absolute atomic E-state index is 5.84. The number of aromatic nitrogens is 2. The van der Waals surface area contributed by atoms with E-state index in [1.165, 1.54) is 12.8 Å². The molecule has 112 valence electrons. The maximum Gasteiger partial charge on any atom is 0.233 e. The van der Waals surface area contributed by atoms with Crippen LogP contribution in [0.1, 0.15) is 44.0 Å². The molecule has 2 aliphatic rings. The molecular weight excluding hydrogens is 254 g/mol. The number of piperidine rings is 1. The molecule has 3 unspecified atom stereocenters. The van der Waals surface area contributed by atoms with Crippen molar-refractivity contribution in [1.29, 1.82) is 0 Å². The lowest BCUT2D eigenvalue weighted by atomic mass is 9.95. The van der Waals surface area contributed by atoms with Crippen LogP contribution in [0.15, 0.2) is 4.42 Å². The van der Waals surface area contributed by atoms with Gasteiger partial charge in [0, 0.05) is 19.1 Å². The van der Waals surface area contributed by atoms with Crippen molar-refractivity contribution in [1.82, 2.24) is 25.7 Å². The molecule has 2 fully saturated rings. The molecule has 3 atom stereocenters. The van der Waals surface area contributed by atoms with Crippen molar-refractivity contribution in [3.63, 3.8) is 0 Å². The van der Waals surface area contributed by atoms with Gasteiger partial charge < -0.3 is 15.1 Å². The summed E-state index contributed by atoms with van der Waals surface area (Å²) in [7, 11) is 2.15. The molecule has 0 radical (unpaired) electrons. The molecule has 0 saturated carbocycles. The lowest BCUT2D eigenvalue weighted by molar-refractivity contribution is 0.123. The highest BCUT2D eigenvalue weighted by atomic mass is 16.4. The van der Waals surface area contributed by atoms with Gasteiger partial charge in [-0.05, 0) is 38.8 Å². The first kappa shape index (κ1) is 14.0. The summed E-state index contributed by atoms with van der Waals surface area (Å²) in [5, 5.41) is 15.2. The molecule has 6 nitrogen and oxygen atoms in total. The van der Waals surface area contributed by atoms with E-state index in [0.717, 1.165) is 37.9 Å². The molecule has 2 saturated heterocycles. The minimum absolute atomic E-state index is 0.292.